The van der Waals surface area contributed by atoms with Gasteiger partial charge >= 0.3 is 12.0 Å². The van der Waals surface area contributed by atoms with Gasteiger partial charge in [0.25, 0.3) is 0 Å². The maximum absolute atomic E-state index is 13.4. The summed E-state index contributed by atoms with van der Waals surface area (Å²) in [5, 5.41) is 2.67. The molecular formula is C27H30N2O5. The molecule has 1 fully saturated rings. The standard InChI is InChI=1S/C27H30N2O5/c1-3-33-26(31)24-18(2)28-27(32)29(23(30)17-19-9-5-4-6-10-19)25(24)20-13-15-22(16-14-20)34-21-11-7-8-12-21/h4-6,9-10,13-16,21,25H,3,7-8,11-12,17H2,1-2H3,(H,28,32). The van der Waals surface area contributed by atoms with Crippen molar-refractivity contribution >= 4 is 17.9 Å². The van der Waals surface area contributed by atoms with Crippen LogP contribution in [0.4, 0.5) is 4.79 Å². The molecule has 2 aromatic carbocycles. The molecule has 7 nitrogen and oxygen atoms in total. The van der Waals surface area contributed by atoms with Gasteiger partial charge in [0.05, 0.1) is 24.7 Å². The molecule has 4 rings (SSSR count). The molecule has 7 heteroatoms. The van der Waals surface area contributed by atoms with Gasteiger partial charge in [0.15, 0.2) is 0 Å². The first-order valence-corrected chi connectivity index (χ1v) is 11.8. The Morgan fingerprint density at radius 1 is 1.03 bits per heavy atom. The van der Waals surface area contributed by atoms with Crippen LogP contribution in [0.5, 0.6) is 5.75 Å². The average molecular weight is 463 g/mol. The monoisotopic (exact) mass is 462 g/mol. The van der Waals surface area contributed by atoms with Crippen LogP contribution in [0.25, 0.3) is 0 Å². The molecule has 1 aliphatic carbocycles. The van der Waals surface area contributed by atoms with Crippen molar-refractivity contribution in [3.63, 3.8) is 0 Å². The number of allylic oxidation sites excluding steroid dienone is 1. The Kier molecular flexibility index (Phi) is 7.30. The predicted octanol–water partition coefficient (Wildman–Crippen LogP) is 4.68. The Morgan fingerprint density at radius 3 is 2.35 bits per heavy atom. The summed E-state index contributed by atoms with van der Waals surface area (Å²) in [6.07, 6.45) is 4.68. The fourth-order valence-corrected chi connectivity index (χ4v) is 4.57. The van der Waals surface area contributed by atoms with Gasteiger partial charge in [-0.15, -0.1) is 0 Å². The molecule has 2 aromatic rings. The number of rotatable bonds is 7. The highest BCUT2D eigenvalue weighted by Gasteiger charge is 2.41. The highest BCUT2D eigenvalue weighted by atomic mass is 16.5. The molecule has 1 aliphatic heterocycles. The van der Waals surface area contributed by atoms with Gasteiger partial charge in [-0.1, -0.05) is 42.5 Å². The summed E-state index contributed by atoms with van der Waals surface area (Å²) in [5.74, 6) is -0.237. The number of amides is 3. The van der Waals surface area contributed by atoms with Gasteiger partial charge in [-0.05, 0) is 62.8 Å². The van der Waals surface area contributed by atoms with E-state index in [1.807, 2.05) is 54.6 Å². The van der Waals surface area contributed by atoms with Crippen LogP contribution in [0.1, 0.15) is 56.7 Å². The number of hydrogen-bond acceptors (Lipinski definition) is 5. The normalized spacial score (nSPS) is 18.6. The van der Waals surface area contributed by atoms with E-state index < -0.39 is 23.9 Å². The Morgan fingerprint density at radius 2 is 1.71 bits per heavy atom. The molecule has 0 aromatic heterocycles. The Balaban J connectivity index is 1.68. The Labute approximate surface area is 199 Å². The summed E-state index contributed by atoms with van der Waals surface area (Å²) in [6.45, 7) is 3.55. The number of carbonyl (C=O) groups excluding carboxylic acids is 3. The van der Waals surface area contributed by atoms with Gasteiger partial charge in [0, 0.05) is 5.70 Å². The number of nitrogens with zero attached hydrogens (tertiary/aromatic N) is 1. The van der Waals surface area contributed by atoms with E-state index in [1.54, 1.807) is 13.8 Å². The van der Waals surface area contributed by atoms with Crippen LogP contribution in [-0.2, 0) is 20.7 Å². The maximum atomic E-state index is 13.4. The largest absolute Gasteiger partial charge is 0.490 e. The molecule has 0 spiro atoms. The molecule has 0 bridgehead atoms. The van der Waals surface area contributed by atoms with E-state index in [0.717, 1.165) is 29.1 Å². The van der Waals surface area contributed by atoms with E-state index in [1.165, 1.54) is 12.8 Å². The minimum atomic E-state index is -0.899. The SMILES string of the molecule is CCOC(=O)C1=C(C)NC(=O)N(C(=O)Cc2ccccc2)C1c1ccc(OC2CCCC2)cc1. The van der Waals surface area contributed by atoms with Gasteiger partial charge in [-0.25, -0.2) is 9.59 Å². The Hall–Kier alpha value is -3.61. The quantitative estimate of drug-likeness (QED) is 0.604. The molecule has 178 valence electrons. The summed E-state index contributed by atoms with van der Waals surface area (Å²) in [4.78, 5) is 40.4. The zero-order chi connectivity index (χ0) is 24.1. The van der Waals surface area contributed by atoms with E-state index in [-0.39, 0.29) is 24.7 Å². The van der Waals surface area contributed by atoms with Crippen LogP contribution in [-0.4, -0.2) is 35.5 Å². The van der Waals surface area contributed by atoms with Gasteiger partial charge in [-0.3, -0.25) is 9.69 Å². The summed E-state index contributed by atoms with van der Waals surface area (Å²) < 4.78 is 11.3. The molecular weight excluding hydrogens is 432 g/mol. The second-order valence-electron chi connectivity index (χ2n) is 8.61. The average Bonchev–Trinajstić information content (AvgIpc) is 3.33. The second-order valence-corrected chi connectivity index (χ2v) is 8.61. The van der Waals surface area contributed by atoms with E-state index in [9.17, 15) is 14.4 Å². The van der Waals surface area contributed by atoms with Crippen molar-refractivity contribution in [1.82, 2.24) is 10.2 Å². The highest BCUT2D eigenvalue weighted by Crippen LogP contribution is 2.36. The molecule has 0 saturated heterocycles. The molecule has 1 unspecified atom stereocenters. The summed E-state index contributed by atoms with van der Waals surface area (Å²) in [7, 11) is 0. The second kappa shape index (κ2) is 10.5. The van der Waals surface area contributed by atoms with Crippen molar-refractivity contribution in [2.45, 2.75) is 58.1 Å². The van der Waals surface area contributed by atoms with E-state index in [4.69, 9.17) is 9.47 Å². The number of hydrogen-bond donors (Lipinski definition) is 1. The number of nitrogens with one attached hydrogen (secondary N) is 1. The lowest BCUT2D eigenvalue weighted by Crippen LogP contribution is -2.51. The number of esters is 1. The topological polar surface area (TPSA) is 84.9 Å². The number of carbonyl (C=O) groups is 3. The third-order valence-electron chi connectivity index (χ3n) is 6.21. The summed E-state index contributed by atoms with van der Waals surface area (Å²) in [6, 6.07) is 15.0. The maximum Gasteiger partial charge on any atom is 0.338 e. The smallest absolute Gasteiger partial charge is 0.338 e. The molecule has 2 aliphatic rings. The number of imide groups is 1. The molecule has 34 heavy (non-hydrogen) atoms. The molecule has 3 amide bonds. The van der Waals surface area contributed by atoms with Crippen LogP contribution >= 0.6 is 0 Å². The van der Waals surface area contributed by atoms with Crippen molar-refractivity contribution in [3.05, 3.63) is 77.0 Å². The molecule has 1 heterocycles. The lowest BCUT2D eigenvalue weighted by molar-refractivity contribution is -0.140. The minimum absolute atomic E-state index is 0.0305. The van der Waals surface area contributed by atoms with Gasteiger partial charge in [-0.2, -0.15) is 0 Å². The van der Waals surface area contributed by atoms with Crippen LogP contribution in [0.3, 0.4) is 0 Å². The number of benzene rings is 2. The molecule has 1 saturated carbocycles. The van der Waals surface area contributed by atoms with Crippen molar-refractivity contribution in [2.75, 3.05) is 6.61 Å². The van der Waals surface area contributed by atoms with Crippen LogP contribution < -0.4 is 10.1 Å². The minimum Gasteiger partial charge on any atom is -0.490 e. The first-order valence-electron chi connectivity index (χ1n) is 11.8. The van der Waals surface area contributed by atoms with Gasteiger partial charge in [0.2, 0.25) is 5.91 Å². The van der Waals surface area contributed by atoms with E-state index in [2.05, 4.69) is 5.32 Å². The number of ether oxygens (including phenoxy) is 2. The van der Waals surface area contributed by atoms with Crippen LogP contribution in [0.15, 0.2) is 65.9 Å². The lowest BCUT2D eigenvalue weighted by Gasteiger charge is -2.36. The zero-order valence-corrected chi connectivity index (χ0v) is 19.6. The fourth-order valence-electron chi connectivity index (χ4n) is 4.57. The van der Waals surface area contributed by atoms with Crippen molar-refractivity contribution in [3.8, 4) is 5.75 Å². The zero-order valence-electron chi connectivity index (χ0n) is 19.6. The first-order chi connectivity index (χ1) is 16.5. The third-order valence-corrected chi connectivity index (χ3v) is 6.21. The summed E-state index contributed by atoms with van der Waals surface area (Å²) >= 11 is 0. The van der Waals surface area contributed by atoms with Crippen molar-refractivity contribution in [2.24, 2.45) is 0 Å². The van der Waals surface area contributed by atoms with Crippen LogP contribution in [0.2, 0.25) is 0 Å². The molecule has 1 N–H and O–H groups in total. The Bertz CT molecular complexity index is 1070. The number of urea groups is 1. The molecule has 1 atom stereocenters. The van der Waals surface area contributed by atoms with Crippen molar-refractivity contribution < 1.29 is 23.9 Å². The first kappa shape index (κ1) is 23.5. The van der Waals surface area contributed by atoms with Gasteiger partial charge in [0.1, 0.15) is 11.8 Å². The van der Waals surface area contributed by atoms with Crippen molar-refractivity contribution in [1.29, 1.82) is 0 Å². The predicted molar refractivity (Wildman–Crippen MR) is 127 cm³/mol. The van der Waals surface area contributed by atoms with Crippen LogP contribution in [0, 0.1) is 0 Å². The third kappa shape index (κ3) is 5.14. The molecule has 0 radical (unpaired) electrons. The fraction of sp³-hybridized carbons (Fsp3) is 0.370. The van der Waals surface area contributed by atoms with E-state index in [0.29, 0.717) is 11.3 Å². The van der Waals surface area contributed by atoms with E-state index >= 15 is 0 Å². The summed E-state index contributed by atoms with van der Waals surface area (Å²) in [5.41, 5.74) is 2.04. The highest BCUT2D eigenvalue weighted by molar-refractivity contribution is 6.02. The lowest BCUT2D eigenvalue weighted by atomic mass is 9.93. The van der Waals surface area contributed by atoms with Gasteiger partial charge < -0.3 is 14.8 Å².